The van der Waals surface area contributed by atoms with Gasteiger partial charge in [-0.3, -0.25) is 4.79 Å². The molecule has 1 heterocycles. The van der Waals surface area contributed by atoms with Crippen molar-refractivity contribution in [3.8, 4) is 0 Å². The molecule has 0 aromatic carbocycles. The molecule has 16 heavy (non-hydrogen) atoms. The highest BCUT2D eigenvalue weighted by Gasteiger charge is 2.17. The molecule has 0 saturated carbocycles. The van der Waals surface area contributed by atoms with Crippen molar-refractivity contribution in [3.63, 3.8) is 0 Å². The van der Waals surface area contributed by atoms with Crippen molar-refractivity contribution in [2.45, 2.75) is 51.6 Å². The Morgan fingerprint density at radius 1 is 1.56 bits per heavy atom. The first-order valence-corrected chi connectivity index (χ1v) is 6.38. The van der Waals surface area contributed by atoms with Crippen molar-refractivity contribution in [3.05, 3.63) is 0 Å². The second-order valence-corrected chi connectivity index (χ2v) is 4.81. The second-order valence-electron chi connectivity index (χ2n) is 4.81. The lowest BCUT2D eigenvalue weighted by molar-refractivity contribution is -0.119. The Labute approximate surface area is 98.6 Å². The fourth-order valence-corrected chi connectivity index (χ4v) is 2.19. The average Bonchev–Trinajstić information content (AvgIpc) is 2.26. The summed E-state index contributed by atoms with van der Waals surface area (Å²) >= 11 is 0. The van der Waals surface area contributed by atoms with Gasteiger partial charge in [0.1, 0.15) is 0 Å². The zero-order valence-electron chi connectivity index (χ0n) is 10.5. The maximum absolute atomic E-state index is 10.8. The van der Waals surface area contributed by atoms with Crippen LogP contribution < -0.4 is 11.1 Å². The average molecular weight is 227 g/mol. The van der Waals surface area contributed by atoms with Crippen molar-refractivity contribution >= 4 is 5.91 Å². The fourth-order valence-electron chi connectivity index (χ4n) is 2.19. The van der Waals surface area contributed by atoms with Gasteiger partial charge in [0.05, 0.1) is 6.04 Å². The number of primary amides is 1. The predicted molar refractivity (Wildman–Crippen MR) is 66.2 cm³/mol. The van der Waals surface area contributed by atoms with Gasteiger partial charge in [-0.15, -0.1) is 0 Å². The van der Waals surface area contributed by atoms with Crippen LogP contribution >= 0.6 is 0 Å². The standard InChI is InChI=1S/C12H25N3O/c1-10-6-3-4-8-15(10)9-5-7-14-11(2)12(13)16/h10-11,14H,3-9H2,1-2H3,(H2,13,16). The van der Waals surface area contributed by atoms with E-state index in [1.54, 1.807) is 0 Å². The van der Waals surface area contributed by atoms with E-state index in [9.17, 15) is 4.79 Å². The Hall–Kier alpha value is -0.610. The van der Waals surface area contributed by atoms with Crippen molar-refractivity contribution in [2.24, 2.45) is 5.73 Å². The quantitative estimate of drug-likeness (QED) is 0.657. The molecule has 3 N–H and O–H groups in total. The minimum absolute atomic E-state index is 0.209. The molecule has 94 valence electrons. The van der Waals surface area contributed by atoms with Crippen molar-refractivity contribution in [1.82, 2.24) is 10.2 Å². The predicted octanol–water partition coefficient (Wildman–Crippen LogP) is 0.714. The van der Waals surface area contributed by atoms with Gasteiger partial charge in [-0.2, -0.15) is 0 Å². The summed E-state index contributed by atoms with van der Waals surface area (Å²) in [4.78, 5) is 13.3. The topological polar surface area (TPSA) is 58.4 Å². The van der Waals surface area contributed by atoms with E-state index < -0.39 is 0 Å². The second kappa shape index (κ2) is 6.86. The number of hydrogen-bond acceptors (Lipinski definition) is 3. The molecule has 0 spiro atoms. The first kappa shape index (κ1) is 13.5. The number of nitrogens with zero attached hydrogens (tertiary/aromatic N) is 1. The van der Waals surface area contributed by atoms with Crippen LogP contribution in [-0.4, -0.2) is 42.5 Å². The van der Waals surface area contributed by atoms with Gasteiger partial charge < -0.3 is 16.0 Å². The molecule has 1 aliphatic heterocycles. The van der Waals surface area contributed by atoms with Crippen LogP contribution in [0.2, 0.25) is 0 Å². The summed E-state index contributed by atoms with van der Waals surface area (Å²) in [6.45, 7) is 7.34. The third-order valence-electron chi connectivity index (χ3n) is 3.44. The molecular formula is C12H25N3O. The number of nitrogens with two attached hydrogens (primary N) is 1. The lowest BCUT2D eigenvalue weighted by Gasteiger charge is -2.33. The molecule has 0 aromatic heterocycles. The Bertz CT molecular complexity index is 220. The van der Waals surface area contributed by atoms with E-state index in [1.807, 2.05) is 6.92 Å². The zero-order chi connectivity index (χ0) is 12.0. The first-order chi connectivity index (χ1) is 7.61. The van der Waals surface area contributed by atoms with Crippen LogP contribution in [0.25, 0.3) is 0 Å². The molecule has 2 atom stereocenters. The van der Waals surface area contributed by atoms with E-state index in [0.29, 0.717) is 0 Å². The van der Waals surface area contributed by atoms with Crippen molar-refractivity contribution in [1.29, 1.82) is 0 Å². The highest BCUT2D eigenvalue weighted by atomic mass is 16.1. The molecule has 1 aliphatic rings. The lowest BCUT2D eigenvalue weighted by Crippen LogP contribution is -2.42. The summed E-state index contributed by atoms with van der Waals surface area (Å²) in [5.41, 5.74) is 5.17. The summed E-state index contributed by atoms with van der Waals surface area (Å²) in [6.07, 6.45) is 5.11. The van der Waals surface area contributed by atoms with E-state index in [2.05, 4.69) is 17.1 Å². The van der Waals surface area contributed by atoms with Crippen LogP contribution in [-0.2, 0) is 4.79 Å². The van der Waals surface area contributed by atoms with Crippen molar-refractivity contribution in [2.75, 3.05) is 19.6 Å². The van der Waals surface area contributed by atoms with E-state index in [-0.39, 0.29) is 11.9 Å². The summed E-state index contributed by atoms with van der Waals surface area (Å²) in [5.74, 6) is -0.272. The molecule has 1 saturated heterocycles. The molecule has 0 bridgehead atoms. The highest BCUT2D eigenvalue weighted by Crippen LogP contribution is 2.15. The fraction of sp³-hybridized carbons (Fsp3) is 0.917. The number of rotatable bonds is 6. The lowest BCUT2D eigenvalue weighted by atomic mass is 10.0. The number of carbonyl (C=O) groups excluding carboxylic acids is 1. The molecule has 0 aromatic rings. The third kappa shape index (κ3) is 4.49. The van der Waals surface area contributed by atoms with Gasteiger partial charge >= 0.3 is 0 Å². The smallest absolute Gasteiger partial charge is 0.234 e. The number of likely N-dealkylation sites (tertiary alicyclic amines) is 1. The number of amides is 1. The monoisotopic (exact) mass is 227 g/mol. The molecule has 0 aliphatic carbocycles. The number of piperidine rings is 1. The van der Waals surface area contributed by atoms with Crippen LogP contribution in [0.1, 0.15) is 39.5 Å². The van der Waals surface area contributed by atoms with Gasteiger partial charge in [0.25, 0.3) is 0 Å². The summed E-state index contributed by atoms with van der Waals surface area (Å²) in [7, 11) is 0. The van der Waals surface area contributed by atoms with Gasteiger partial charge in [0.15, 0.2) is 0 Å². The van der Waals surface area contributed by atoms with E-state index >= 15 is 0 Å². The van der Waals surface area contributed by atoms with E-state index in [1.165, 1.54) is 25.8 Å². The molecular weight excluding hydrogens is 202 g/mol. The molecule has 1 fully saturated rings. The number of hydrogen-bond donors (Lipinski definition) is 2. The van der Waals surface area contributed by atoms with Crippen LogP contribution in [0.4, 0.5) is 0 Å². The minimum Gasteiger partial charge on any atom is -0.368 e. The Balaban J connectivity index is 2.08. The first-order valence-electron chi connectivity index (χ1n) is 6.38. The van der Waals surface area contributed by atoms with Crippen molar-refractivity contribution < 1.29 is 4.79 Å². The Morgan fingerprint density at radius 3 is 2.94 bits per heavy atom. The Morgan fingerprint density at radius 2 is 2.31 bits per heavy atom. The summed E-state index contributed by atoms with van der Waals surface area (Å²) < 4.78 is 0. The third-order valence-corrected chi connectivity index (χ3v) is 3.44. The normalized spacial score (nSPS) is 24.2. The maximum Gasteiger partial charge on any atom is 0.234 e. The maximum atomic E-state index is 10.8. The van der Waals surface area contributed by atoms with Gasteiger partial charge in [0, 0.05) is 6.04 Å². The highest BCUT2D eigenvalue weighted by molar-refractivity contribution is 5.79. The molecule has 4 nitrogen and oxygen atoms in total. The molecule has 1 amide bonds. The Kier molecular flexibility index (Phi) is 5.77. The van der Waals surface area contributed by atoms with Gasteiger partial charge in [-0.1, -0.05) is 6.42 Å². The molecule has 2 unspecified atom stereocenters. The van der Waals surface area contributed by atoms with Crippen LogP contribution in [0, 0.1) is 0 Å². The number of nitrogens with one attached hydrogen (secondary N) is 1. The molecule has 0 radical (unpaired) electrons. The van der Waals surface area contributed by atoms with Gasteiger partial charge in [0.2, 0.25) is 5.91 Å². The van der Waals surface area contributed by atoms with Gasteiger partial charge in [-0.25, -0.2) is 0 Å². The summed E-state index contributed by atoms with van der Waals surface area (Å²) in [6, 6.07) is 0.515. The molecule has 1 rings (SSSR count). The minimum atomic E-state index is -0.272. The zero-order valence-corrected chi connectivity index (χ0v) is 10.5. The van der Waals surface area contributed by atoms with Crippen LogP contribution in [0.5, 0.6) is 0 Å². The van der Waals surface area contributed by atoms with Gasteiger partial charge in [-0.05, 0) is 52.7 Å². The van der Waals surface area contributed by atoms with Crippen LogP contribution in [0.15, 0.2) is 0 Å². The van der Waals surface area contributed by atoms with E-state index in [4.69, 9.17) is 5.73 Å². The largest absolute Gasteiger partial charge is 0.368 e. The SMILES string of the molecule is CC(NCCCN1CCCCC1C)C(N)=O. The summed E-state index contributed by atoms with van der Waals surface area (Å²) in [5, 5.41) is 3.14. The molecule has 4 heteroatoms. The number of carbonyl (C=O) groups is 1. The van der Waals surface area contributed by atoms with E-state index in [0.717, 1.165) is 25.6 Å². The van der Waals surface area contributed by atoms with Crippen LogP contribution in [0.3, 0.4) is 0 Å².